The summed E-state index contributed by atoms with van der Waals surface area (Å²) in [6, 6.07) is 9.27. The van der Waals surface area contributed by atoms with Crippen molar-refractivity contribution >= 4 is 24.3 Å². The van der Waals surface area contributed by atoms with E-state index in [0.717, 1.165) is 37.9 Å². The average molecular weight is 369 g/mol. The second-order valence-corrected chi connectivity index (χ2v) is 6.27. The van der Waals surface area contributed by atoms with Gasteiger partial charge in [-0.3, -0.25) is 9.59 Å². The molecule has 0 saturated carbocycles. The second kappa shape index (κ2) is 11.9. The normalized spacial score (nSPS) is 15.7. The lowest BCUT2D eigenvalue weighted by Gasteiger charge is -2.23. The zero-order chi connectivity index (χ0) is 17.2. The van der Waals surface area contributed by atoms with E-state index in [9.17, 15) is 9.59 Å². The van der Waals surface area contributed by atoms with Gasteiger partial charge in [-0.2, -0.15) is 0 Å². The van der Waals surface area contributed by atoms with Crippen molar-refractivity contribution in [2.45, 2.75) is 45.1 Å². The lowest BCUT2D eigenvalue weighted by Crippen LogP contribution is -2.32. The maximum Gasteiger partial charge on any atom is 0.308 e. The van der Waals surface area contributed by atoms with Gasteiger partial charge in [-0.05, 0) is 50.8 Å². The first kappa shape index (κ1) is 21.5. The third-order valence-electron chi connectivity index (χ3n) is 4.45. The Bertz CT molecular complexity index is 519. The van der Waals surface area contributed by atoms with Crippen molar-refractivity contribution in [2.24, 2.45) is 5.92 Å². The molecule has 1 aromatic rings. The van der Waals surface area contributed by atoms with Gasteiger partial charge < -0.3 is 15.4 Å². The van der Waals surface area contributed by atoms with Gasteiger partial charge in [0.1, 0.15) is 0 Å². The van der Waals surface area contributed by atoms with Gasteiger partial charge in [-0.15, -0.1) is 12.4 Å². The summed E-state index contributed by atoms with van der Waals surface area (Å²) in [5, 5.41) is 6.34. The van der Waals surface area contributed by atoms with Crippen LogP contribution in [-0.4, -0.2) is 31.6 Å². The number of carbonyl (C=O) groups excluding carboxylic acids is 2. The molecule has 2 rings (SSSR count). The van der Waals surface area contributed by atoms with Crippen LogP contribution in [0.3, 0.4) is 0 Å². The minimum Gasteiger partial charge on any atom is -0.466 e. The van der Waals surface area contributed by atoms with Crippen LogP contribution in [0.2, 0.25) is 0 Å². The van der Waals surface area contributed by atoms with E-state index < -0.39 is 0 Å². The number of benzene rings is 1. The number of amides is 1. The maximum atomic E-state index is 12.3. The molecule has 1 aliphatic rings. The highest BCUT2D eigenvalue weighted by atomic mass is 35.5. The van der Waals surface area contributed by atoms with Crippen molar-refractivity contribution in [3.8, 4) is 0 Å². The highest BCUT2D eigenvalue weighted by Crippen LogP contribution is 2.20. The number of halogens is 1. The number of hydrogen-bond acceptors (Lipinski definition) is 4. The van der Waals surface area contributed by atoms with E-state index >= 15 is 0 Å². The molecule has 0 spiro atoms. The Labute approximate surface area is 156 Å². The summed E-state index contributed by atoms with van der Waals surface area (Å²) in [6.07, 6.45) is 3.86. The molecule has 1 amide bonds. The molecular formula is C19H29ClN2O3. The van der Waals surface area contributed by atoms with Gasteiger partial charge >= 0.3 is 5.97 Å². The van der Waals surface area contributed by atoms with Crippen LogP contribution in [0.25, 0.3) is 0 Å². The highest BCUT2D eigenvalue weighted by Gasteiger charge is 2.20. The average Bonchev–Trinajstić information content (AvgIpc) is 2.61. The largest absolute Gasteiger partial charge is 0.466 e. The topological polar surface area (TPSA) is 67.4 Å². The first-order chi connectivity index (χ1) is 11.7. The molecule has 1 fully saturated rings. The van der Waals surface area contributed by atoms with E-state index in [1.807, 2.05) is 30.3 Å². The van der Waals surface area contributed by atoms with E-state index in [1.165, 1.54) is 0 Å². The Morgan fingerprint density at radius 3 is 2.56 bits per heavy atom. The van der Waals surface area contributed by atoms with Crippen LogP contribution < -0.4 is 10.6 Å². The lowest BCUT2D eigenvalue weighted by molar-refractivity contribution is -0.143. The monoisotopic (exact) mass is 368 g/mol. The number of piperidine rings is 1. The predicted octanol–water partition coefficient (Wildman–Crippen LogP) is 3.00. The summed E-state index contributed by atoms with van der Waals surface area (Å²) < 4.78 is 5.03. The number of carbonyl (C=O) groups is 2. The van der Waals surface area contributed by atoms with Crippen LogP contribution >= 0.6 is 12.4 Å². The number of ether oxygens (including phenoxy) is 1. The van der Waals surface area contributed by atoms with Crippen molar-refractivity contribution in [1.29, 1.82) is 0 Å². The van der Waals surface area contributed by atoms with Crippen LogP contribution in [0.1, 0.15) is 50.6 Å². The molecule has 1 atom stereocenters. The van der Waals surface area contributed by atoms with E-state index in [4.69, 9.17) is 4.74 Å². The highest BCUT2D eigenvalue weighted by molar-refractivity contribution is 5.85. The molecule has 25 heavy (non-hydrogen) atoms. The standard InChI is InChI=1S/C19H28N2O3.ClH/c1-2-24-19(23)14-17(16-6-4-3-5-7-16)21-18(22)9-8-15-10-12-20-13-11-15;/h3-7,15,17,20H,2,8-14H2,1H3,(H,21,22);1H. The summed E-state index contributed by atoms with van der Waals surface area (Å²) in [5.74, 6) is 0.342. The van der Waals surface area contributed by atoms with Crippen molar-refractivity contribution in [1.82, 2.24) is 10.6 Å². The Hall–Kier alpha value is -1.59. The molecule has 1 heterocycles. The van der Waals surface area contributed by atoms with Gasteiger partial charge in [0.15, 0.2) is 0 Å². The van der Waals surface area contributed by atoms with Gasteiger partial charge in [-0.25, -0.2) is 0 Å². The smallest absolute Gasteiger partial charge is 0.308 e. The summed E-state index contributed by atoms with van der Waals surface area (Å²) in [6.45, 7) is 4.22. The van der Waals surface area contributed by atoms with Crippen LogP contribution in [0.4, 0.5) is 0 Å². The molecule has 1 unspecified atom stereocenters. The Morgan fingerprint density at radius 1 is 1.24 bits per heavy atom. The summed E-state index contributed by atoms with van der Waals surface area (Å²) in [4.78, 5) is 24.2. The van der Waals surface area contributed by atoms with Gasteiger partial charge in [-0.1, -0.05) is 30.3 Å². The molecule has 0 bridgehead atoms. The quantitative estimate of drug-likeness (QED) is 0.692. The van der Waals surface area contributed by atoms with Crippen molar-refractivity contribution in [3.63, 3.8) is 0 Å². The summed E-state index contributed by atoms with van der Waals surface area (Å²) in [7, 11) is 0. The van der Waals surface area contributed by atoms with Gasteiger partial charge in [0.2, 0.25) is 5.91 Å². The fourth-order valence-electron chi connectivity index (χ4n) is 3.10. The Kier molecular flexibility index (Phi) is 10.2. The van der Waals surface area contributed by atoms with Crippen molar-refractivity contribution in [2.75, 3.05) is 19.7 Å². The van der Waals surface area contributed by atoms with Crippen molar-refractivity contribution < 1.29 is 14.3 Å². The zero-order valence-electron chi connectivity index (χ0n) is 14.8. The van der Waals surface area contributed by atoms with E-state index in [2.05, 4.69) is 10.6 Å². The third-order valence-corrected chi connectivity index (χ3v) is 4.45. The van der Waals surface area contributed by atoms with E-state index in [-0.39, 0.29) is 36.7 Å². The molecule has 1 saturated heterocycles. The fourth-order valence-corrected chi connectivity index (χ4v) is 3.10. The predicted molar refractivity (Wildman–Crippen MR) is 101 cm³/mol. The third kappa shape index (κ3) is 7.88. The minimum atomic E-state index is -0.328. The molecular weight excluding hydrogens is 340 g/mol. The number of esters is 1. The number of nitrogens with one attached hydrogen (secondary N) is 2. The molecule has 0 radical (unpaired) electrons. The Morgan fingerprint density at radius 2 is 1.92 bits per heavy atom. The summed E-state index contributed by atoms with van der Waals surface area (Å²) >= 11 is 0. The first-order valence-electron chi connectivity index (χ1n) is 8.89. The summed E-state index contributed by atoms with van der Waals surface area (Å²) in [5.41, 5.74) is 0.931. The molecule has 5 nitrogen and oxygen atoms in total. The van der Waals surface area contributed by atoms with Crippen molar-refractivity contribution in [3.05, 3.63) is 35.9 Å². The van der Waals surface area contributed by atoms with Crippen LogP contribution in [-0.2, 0) is 14.3 Å². The van der Waals surface area contributed by atoms with Crippen LogP contribution in [0, 0.1) is 5.92 Å². The van der Waals surface area contributed by atoms with Gasteiger partial charge in [0.25, 0.3) is 0 Å². The second-order valence-electron chi connectivity index (χ2n) is 6.27. The SMILES string of the molecule is CCOC(=O)CC(NC(=O)CCC1CCNCC1)c1ccccc1.Cl. The van der Waals surface area contributed by atoms with E-state index in [1.54, 1.807) is 6.92 Å². The zero-order valence-corrected chi connectivity index (χ0v) is 15.6. The molecule has 0 aromatic heterocycles. The fraction of sp³-hybridized carbons (Fsp3) is 0.579. The van der Waals surface area contributed by atoms with Crippen LogP contribution in [0.15, 0.2) is 30.3 Å². The molecule has 2 N–H and O–H groups in total. The van der Waals surface area contributed by atoms with E-state index in [0.29, 0.717) is 18.9 Å². The molecule has 1 aliphatic heterocycles. The number of rotatable bonds is 8. The van der Waals surface area contributed by atoms with Gasteiger partial charge in [0, 0.05) is 6.42 Å². The lowest BCUT2D eigenvalue weighted by atomic mass is 9.93. The van der Waals surface area contributed by atoms with Crippen LogP contribution in [0.5, 0.6) is 0 Å². The minimum absolute atomic E-state index is 0. The Balaban J connectivity index is 0.00000312. The maximum absolute atomic E-state index is 12.3. The first-order valence-corrected chi connectivity index (χ1v) is 8.89. The number of hydrogen-bond donors (Lipinski definition) is 2. The molecule has 0 aliphatic carbocycles. The van der Waals surface area contributed by atoms with Gasteiger partial charge in [0.05, 0.1) is 19.1 Å². The molecule has 1 aromatic carbocycles. The molecule has 140 valence electrons. The molecule has 6 heteroatoms.